The summed E-state index contributed by atoms with van der Waals surface area (Å²) in [5.41, 5.74) is 3.01. The summed E-state index contributed by atoms with van der Waals surface area (Å²) in [4.78, 5) is 16.3. The second kappa shape index (κ2) is 6.14. The van der Waals surface area contributed by atoms with Gasteiger partial charge in [0.15, 0.2) is 0 Å². The standard InChI is InChI=1S/C16H20N4O2S/c1-12-14(23-11-19-12)8-20-9-16(10-20)6-13(2-5-21-16)22-15-7-17-3-4-18-15/h3-4,7,11,13H,2,5-6,8-10H2,1H3/t13-/m1/s1. The molecule has 7 heteroatoms. The molecule has 1 atom stereocenters. The van der Waals surface area contributed by atoms with Gasteiger partial charge in [0.25, 0.3) is 0 Å². The minimum atomic E-state index is -0.0519. The summed E-state index contributed by atoms with van der Waals surface area (Å²) in [5.74, 6) is 0.603. The molecule has 6 nitrogen and oxygen atoms in total. The molecule has 2 saturated heterocycles. The third-order valence-corrected chi connectivity index (χ3v) is 5.43. The monoisotopic (exact) mass is 332 g/mol. The molecule has 0 bridgehead atoms. The largest absolute Gasteiger partial charge is 0.473 e. The molecular weight excluding hydrogens is 312 g/mol. The highest BCUT2D eigenvalue weighted by atomic mass is 32.1. The van der Waals surface area contributed by atoms with E-state index in [1.54, 1.807) is 29.9 Å². The molecule has 23 heavy (non-hydrogen) atoms. The zero-order chi connectivity index (χ0) is 15.7. The van der Waals surface area contributed by atoms with E-state index in [-0.39, 0.29) is 11.7 Å². The summed E-state index contributed by atoms with van der Waals surface area (Å²) in [6, 6.07) is 0. The van der Waals surface area contributed by atoms with Gasteiger partial charge in [0, 0.05) is 49.7 Å². The van der Waals surface area contributed by atoms with Gasteiger partial charge in [-0.3, -0.25) is 9.88 Å². The van der Waals surface area contributed by atoms with Crippen LogP contribution in [-0.2, 0) is 11.3 Å². The van der Waals surface area contributed by atoms with E-state index in [1.165, 1.54) is 4.88 Å². The van der Waals surface area contributed by atoms with E-state index < -0.39 is 0 Å². The quantitative estimate of drug-likeness (QED) is 0.854. The summed E-state index contributed by atoms with van der Waals surface area (Å²) >= 11 is 1.73. The second-order valence-electron chi connectivity index (χ2n) is 6.31. The Morgan fingerprint density at radius 1 is 1.39 bits per heavy atom. The Balaban J connectivity index is 1.33. The molecule has 2 aromatic rings. The van der Waals surface area contributed by atoms with Gasteiger partial charge in [-0.05, 0) is 6.92 Å². The van der Waals surface area contributed by atoms with Crippen molar-refractivity contribution in [3.8, 4) is 5.88 Å². The Labute approximate surface area is 139 Å². The molecule has 0 radical (unpaired) electrons. The highest BCUT2D eigenvalue weighted by molar-refractivity contribution is 7.09. The first-order valence-corrected chi connectivity index (χ1v) is 8.78. The first kappa shape index (κ1) is 15.0. The summed E-state index contributed by atoms with van der Waals surface area (Å²) in [7, 11) is 0. The highest BCUT2D eigenvalue weighted by Crippen LogP contribution is 2.36. The number of aryl methyl sites for hydroxylation is 1. The third kappa shape index (κ3) is 3.22. The SMILES string of the molecule is Cc1ncsc1CN1CC2(C[C@H](Oc3cnccn3)CCO2)C1. The maximum absolute atomic E-state index is 6.08. The van der Waals surface area contributed by atoms with Crippen LogP contribution in [0.4, 0.5) is 0 Å². The zero-order valence-corrected chi connectivity index (χ0v) is 14.0. The van der Waals surface area contributed by atoms with Gasteiger partial charge in [0.05, 0.1) is 29.6 Å². The number of nitrogens with zero attached hydrogens (tertiary/aromatic N) is 4. The van der Waals surface area contributed by atoms with Crippen LogP contribution in [-0.4, -0.2) is 51.3 Å². The van der Waals surface area contributed by atoms with Crippen LogP contribution < -0.4 is 4.74 Å². The first-order chi connectivity index (χ1) is 11.2. The van der Waals surface area contributed by atoms with Crippen LogP contribution in [0.15, 0.2) is 24.1 Å². The number of aromatic nitrogens is 3. The van der Waals surface area contributed by atoms with E-state index in [0.29, 0.717) is 5.88 Å². The number of ether oxygens (including phenoxy) is 2. The minimum Gasteiger partial charge on any atom is -0.473 e. The van der Waals surface area contributed by atoms with Gasteiger partial charge in [0.2, 0.25) is 5.88 Å². The van der Waals surface area contributed by atoms with E-state index in [0.717, 1.165) is 44.8 Å². The van der Waals surface area contributed by atoms with Crippen LogP contribution in [0.1, 0.15) is 23.4 Å². The van der Waals surface area contributed by atoms with Gasteiger partial charge in [-0.25, -0.2) is 9.97 Å². The van der Waals surface area contributed by atoms with Crippen molar-refractivity contribution in [1.29, 1.82) is 0 Å². The average molecular weight is 332 g/mol. The van der Waals surface area contributed by atoms with Gasteiger partial charge in [0.1, 0.15) is 6.10 Å². The van der Waals surface area contributed by atoms with E-state index in [1.807, 2.05) is 5.51 Å². The molecule has 0 unspecified atom stereocenters. The fourth-order valence-corrected chi connectivity index (χ4v) is 4.20. The van der Waals surface area contributed by atoms with E-state index in [4.69, 9.17) is 9.47 Å². The molecular formula is C16H20N4O2S. The van der Waals surface area contributed by atoms with Gasteiger partial charge >= 0.3 is 0 Å². The van der Waals surface area contributed by atoms with Crippen LogP contribution in [0.25, 0.3) is 0 Å². The average Bonchev–Trinajstić information content (AvgIpc) is 2.92. The number of thiazole rings is 1. The van der Waals surface area contributed by atoms with Crippen LogP contribution in [0.5, 0.6) is 5.88 Å². The fraction of sp³-hybridized carbons (Fsp3) is 0.562. The number of hydrogen-bond donors (Lipinski definition) is 0. The molecule has 2 aromatic heterocycles. The number of rotatable bonds is 4. The molecule has 4 heterocycles. The van der Waals surface area contributed by atoms with Gasteiger partial charge in [-0.15, -0.1) is 11.3 Å². The Hall–Kier alpha value is -1.57. The van der Waals surface area contributed by atoms with Gasteiger partial charge < -0.3 is 9.47 Å². The lowest BCUT2D eigenvalue weighted by Crippen LogP contribution is -2.65. The summed E-state index contributed by atoms with van der Waals surface area (Å²) in [6.07, 6.45) is 6.97. The second-order valence-corrected chi connectivity index (χ2v) is 7.25. The zero-order valence-electron chi connectivity index (χ0n) is 13.1. The molecule has 0 aromatic carbocycles. The van der Waals surface area contributed by atoms with E-state index in [2.05, 4.69) is 26.8 Å². The van der Waals surface area contributed by atoms with Gasteiger partial charge in [-0.1, -0.05) is 0 Å². The molecule has 0 aliphatic carbocycles. The van der Waals surface area contributed by atoms with Crippen molar-refractivity contribution in [2.45, 2.75) is 38.0 Å². The predicted molar refractivity (Wildman–Crippen MR) is 86.5 cm³/mol. The molecule has 0 saturated carbocycles. The third-order valence-electron chi connectivity index (χ3n) is 4.51. The Kier molecular flexibility index (Phi) is 4.00. The van der Waals surface area contributed by atoms with Crippen molar-refractivity contribution >= 4 is 11.3 Å². The smallest absolute Gasteiger partial charge is 0.232 e. The molecule has 4 rings (SSSR count). The van der Waals surface area contributed by atoms with E-state index >= 15 is 0 Å². The molecule has 0 N–H and O–H groups in total. The van der Waals surface area contributed by atoms with Crippen molar-refractivity contribution in [2.24, 2.45) is 0 Å². The van der Waals surface area contributed by atoms with Crippen LogP contribution in [0, 0.1) is 6.92 Å². The maximum atomic E-state index is 6.08. The lowest BCUT2D eigenvalue weighted by atomic mass is 9.84. The van der Waals surface area contributed by atoms with Crippen molar-refractivity contribution in [3.63, 3.8) is 0 Å². The van der Waals surface area contributed by atoms with Gasteiger partial charge in [-0.2, -0.15) is 0 Å². The highest BCUT2D eigenvalue weighted by Gasteiger charge is 2.48. The predicted octanol–water partition coefficient (Wildman–Crippen LogP) is 2.05. The maximum Gasteiger partial charge on any atom is 0.232 e. The lowest BCUT2D eigenvalue weighted by Gasteiger charge is -2.53. The van der Waals surface area contributed by atoms with E-state index in [9.17, 15) is 0 Å². The topological polar surface area (TPSA) is 60.4 Å². The Morgan fingerprint density at radius 2 is 2.30 bits per heavy atom. The van der Waals surface area contributed by atoms with Crippen molar-refractivity contribution in [3.05, 3.63) is 34.7 Å². The molecule has 122 valence electrons. The summed E-state index contributed by atoms with van der Waals surface area (Å²) in [6.45, 7) is 5.72. The fourth-order valence-electron chi connectivity index (χ4n) is 3.38. The lowest BCUT2D eigenvalue weighted by molar-refractivity contribution is -0.188. The Bertz CT molecular complexity index is 657. The summed E-state index contributed by atoms with van der Waals surface area (Å²) in [5, 5.41) is 0. The molecule has 1 spiro atoms. The van der Waals surface area contributed by atoms with Crippen molar-refractivity contribution in [2.75, 3.05) is 19.7 Å². The van der Waals surface area contributed by atoms with Crippen molar-refractivity contribution < 1.29 is 9.47 Å². The molecule has 0 amide bonds. The molecule has 2 aliphatic rings. The van der Waals surface area contributed by atoms with Crippen LogP contribution >= 0.6 is 11.3 Å². The Morgan fingerprint density at radius 3 is 3.04 bits per heavy atom. The van der Waals surface area contributed by atoms with Crippen molar-refractivity contribution in [1.82, 2.24) is 19.9 Å². The molecule has 2 fully saturated rings. The first-order valence-electron chi connectivity index (χ1n) is 7.90. The number of hydrogen-bond acceptors (Lipinski definition) is 7. The number of likely N-dealkylation sites (tertiary alicyclic amines) is 1. The van der Waals surface area contributed by atoms with Crippen LogP contribution in [0.3, 0.4) is 0 Å². The molecule has 2 aliphatic heterocycles. The van der Waals surface area contributed by atoms with Crippen LogP contribution in [0.2, 0.25) is 0 Å². The summed E-state index contributed by atoms with van der Waals surface area (Å²) < 4.78 is 12.0. The minimum absolute atomic E-state index is 0.0519. The normalized spacial score (nSPS) is 23.6.